The van der Waals surface area contributed by atoms with Crippen molar-refractivity contribution >= 4 is 15.9 Å². The average molecular weight is 388 g/mol. The van der Waals surface area contributed by atoms with E-state index in [1.165, 1.54) is 23.1 Å². The van der Waals surface area contributed by atoms with E-state index < -0.39 is 10.0 Å². The number of amides is 1. The number of nitriles is 2. The molecule has 2 saturated heterocycles. The lowest BCUT2D eigenvalue weighted by atomic mass is 10.2. The minimum Gasteiger partial charge on any atom is -0.347 e. The molecule has 0 bridgehead atoms. The molecule has 1 aromatic rings. The second-order valence-electron chi connectivity index (χ2n) is 6.69. The molecule has 3 rings (SSSR count). The molecule has 0 aliphatic carbocycles. The van der Waals surface area contributed by atoms with Crippen LogP contribution in [0, 0.1) is 22.9 Å². The van der Waals surface area contributed by atoms with Crippen LogP contribution in [0.25, 0.3) is 0 Å². The first-order chi connectivity index (χ1) is 12.9. The minimum absolute atomic E-state index is 0.00984. The molecular weight excluding hydrogens is 368 g/mol. The van der Waals surface area contributed by atoms with E-state index in [1.54, 1.807) is 11.0 Å². The van der Waals surface area contributed by atoms with E-state index >= 15 is 0 Å². The van der Waals surface area contributed by atoms with E-state index in [-0.39, 0.29) is 28.4 Å². The quantitative estimate of drug-likeness (QED) is 0.669. The lowest BCUT2D eigenvalue weighted by molar-refractivity contribution is 0.0938. The van der Waals surface area contributed by atoms with E-state index in [4.69, 9.17) is 10.5 Å². The minimum atomic E-state index is -3.79. The van der Waals surface area contributed by atoms with E-state index in [0.717, 1.165) is 0 Å². The molecule has 27 heavy (non-hydrogen) atoms. The highest BCUT2D eigenvalue weighted by Gasteiger charge is 2.28. The van der Waals surface area contributed by atoms with Crippen LogP contribution in [-0.4, -0.2) is 62.4 Å². The second-order valence-corrected chi connectivity index (χ2v) is 8.40. The molecule has 2 aliphatic heterocycles. The standard InChI is InChI=1S/C17H20N6O3S/c18-11-22-6-4-14(9-22)20-17(24)13-2-1-3-16(8-13)27(25,26)21-15-5-7-23(10-15)12-19/h1-3,8,14-15,21H,4-7,9-10H2,(H,20,24). The molecule has 2 atom stereocenters. The van der Waals surface area contributed by atoms with Gasteiger partial charge in [0.1, 0.15) is 0 Å². The maximum Gasteiger partial charge on any atom is 0.251 e. The molecule has 2 aliphatic rings. The molecule has 1 amide bonds. The van der Waals surface area contributed by atoms with Crippen molar-refractivity contribution in [1.82, 2.24) is 19.8 Å². The number of nitrogens with zero attached hydrogens (tertiary/aromatic N) is 4. The molecule has 2 heterocycles. The van der Waals surface area contributed by atoms with E-state index in [2.05, 4.69) is 10.0 Å². The van der Waals surface area contributed by atoms with Gasteiger partial charge in [-0.05, 0) is 31.0 Å². The summed E-state index contributed by atoms with van der Waals surface area (Å²) in [5.41, 5.74) is 0.248. The number of likely N-dealkylation sites (tertiary alicyclic amines) is 2. The number of nitrogens with one attached hydrogen (secondary N) is 2. The molecule has 0 spiro atoms. The Kier molecular flexibility index (Phi) is 5.49. The molecule has 0 aromatic heterocycles. The molecule has 10 heteroatoms. The largest absolute Gasteiger partial charge is 0.347 e. The Hall–Kier alpha value is -2.82. The highest BCUT2D eigenvalue weighted by Crippen LogP contribution is 2.16. The van der Waals surface area contributed by atoms with Gasteiger partial charge >= 0.3 is 0 Å². The van der Waals surface area contributed by atoms with Crippen molar-refractivity contribution in [3.63, 3.8) is 0 Å². The van der Waals surface area contributed by atoms with Crippen molar-refractivity contribution in [2.24, 2.45) is 0 Å². The van der Waals surface area contributed by atoms with Crippen molar-refractivity contribution in [2.75, 3.05) is 26.2 Å². The summed E-state index contributed by atoms with van der Waals surface area (Å²) in [6.45, 7) is 1.92. The molecule has 2 N–H and O–H groups in total. The number of hydrogen-bond donors (Lipinski definition) is 2. The molecule has 2 unspecified atom stereocenters. The van der Waals surface area contributed by atoms with Gasteiger partial charge in [-0.3, -0.25) is 4.79 Å². The zero-order valence-electron chi connectivity index (χ0n) is 14.6. The number of sulfonamides is 1. The van der Waals surface area contributed by atoms with Gasteiger partial charge in [0.05, 0.1) is 4.90 Å². The van der Waals surface area contributed by atoms with E-state index in [1.807, 2.05) is 12.4 Å². The van der Waals surface area contributed by atoms with Crippen molar-refractivity contribution < 1.29 is 13.2 Å². The zero-order chi connectivity index (χ0) is 19.4. The van der Waals surface area contributed by atoms with Crippen LogP contribution >= 0.6 is 0 Å². The summed E-state index contributed by atoms with van der Waals surface area (Å²) >= 11 is 0. The smallest absolute Gasteiger partial charge is 0.251 e. The van der Waals surface area contributed by atoms with Gasteiger partial charge in [-0.2, -0.15) is 10.5 Å². The van der Waals surface area contributed by atoms with Crippen molar-refractivity contribution in [3.8, 4) is 12.4 Å². The molecule has 0 saturated carbocycles. The number of rotatable bonds is 5. The lowest BCUT2D eigenvalue weighted by Crippen LogP contribution is -2.37. The van der Waals surface area contributed by atoms with E-state index in [9.17, 15) is 13.2 Å². The fourth-order valence-electron chi connectivity index (χ4n) is 3.28. The normalized spacial score (nSPS) is 22.3. The fraction of sp³-hybridized carbons (Fsp3) is 0.471. The van der Waals surface area contributed by atoms with Crippen LogP contribution in [-0.2, 0) is 10.0 Å². The Bertz CT molecular complexity index is 904. The maximum absolute atomic E-state index is 12.6. The van der Waals surface area contributed by atoms with Gasteiger partial charge in [-0.15, -0.1) is 0 Å². The third kappa shape index (κ3) is 4.48. The topological polar surface area (TPSA) is 129 Å². The van der Waals surface area contributed by atoms with Crippen LogP contribution in [0.2, 0.25) is 0 Å². The Morgan fingerprint density at radius 1 is 1.07 bits per heavy atom. The van der Waals surface area contributed by atoms with E-state index in [0.29, 0.717) is 39.0 Å². The summed E-state index contributed by atoms with van der Waals surface area (Å²) in [6.07, 6.45) is 5.29. The fourth-order valence-corrected chi connectivity index (χ4v) is 4.58. The Morgan fingerprint density at radius 2 is 1.70 bits per heavy atom. The van der Waals surface area contributed by atoms with Crippen LogP contribution in [0.1, 0.15) is 23.2 Å². The van der Waals surface area contributed by atoms with Crippen LogP contribution in [0.15, 0.2) is 29.2 Å². The third-order valence-electron chi connectivity index (χ3n) is 4.72. The molecule has 1 aromatic carbocycles. The van der Waals surface area contributed by atoms with Crippen molar-refractivity contribution in [3.05, 3.63) is 29.8 Å². The summed E-state index contributed by atoms with van der Waals surface area (Å²) in [7, 11) is -3.79. The van der Waals surface area contributed by atoms with Gasteiger partial charge in [-0.1, -0.05) is 6.07 Å². The maximum atomic E-state index is 12.6. The summed E-state index contributed by atoms with van der Waals surface area (Å²) in [5, 5.41) is 20.6. The highest BCUT2D eigenvalue weighted by atomic mass is 32.2. The molecule has 9 nitrogen and oxygen atoms in total. The van der Waals surface area contributed by atoms with Gasteiger partial charge in [0, 0.05) is 43.8 Å². The first kappa shape index (κ1) is 19.0. The highest BCUT2D eigenvalue weighted by molar-refractivity contribution is 7.89. The first-order valence-corrected chi connectivity index (χ1v) is 10.1. The number of carbonyl (C=O) groups is 1. The summed E-state index contributed by atoms with van der Waals surface area (Å²) in [5.74, 6) is -0.367. The van der Waals surface area contributed by atoms with Gasteiger partial charge in [-0.25, -0.2) is 13.1 Å². The summed E-state index contributed by atoms with van der Waals surface area (Å²) < 4.78 is 27.8. The van der Waals surface area contributed by atoms with Crippen LogP contribution < -0.4 is 10.0 Å². The Labute approximate surface area is 158 Å². The summed E-state index contributed by atoms with van der Waals surface area (Å²) in [6, 6.07) is 5.39. The second kappa shape index (κ2) is 7.82. The number of hydrogen-bond acceptors (Lipinski definition) is 7. The molecule has 142 valence electrons. The van der Waals surface area contributed by atoms with Crippen molar-refractivity contribution in [1.29, 1.82) is 10.5 Å². The van der Waals surface area contributed by atoms with Crippen LogP contribution in [0.5, 0.6) is 0 Å². The van der Waals surface area contributed by atoms with Crippen LogP contribution in [0.4, 0.5) is 0 Å². The average Bonchev–Trinajstić information content (AvgIpc) is 3.30. The molecule has 2 fully saturated rings. The van der Waals surface area contributed by atoms with Crippen LogP contribution in [0.3, 0.4) is 0 Å². The molecular formula is C17H20N6O3S. The predicted octanol–water partition coefficient (Wildman–Crippen LogP) is -0.195. The first-order valence-electron chi connectivity index (χ1n) is 8.64. The zero-order valence-corrected chi connectivity index (χ0v) is 15.4. The SMILES string of the molecule is N#CN1CCC(NC(=O)c2cccc(S(=O)(=O)NC3CCN(C#N)C3)c2)C1. The molecule has 0 radical (unpaired) electrons. The lowest BCUT2D eigenvalue weighted by Gasteiger charge is -2.15. The van der Waals surface area contributed by atoms with Gasteiger partial charge < -0.3 is 15.1 Å². The Balaban J connectivity index is 1.67. The number of carbonyl (C=O) groups excluding carboxylic acids is 1. The Morgan fingerprint density at radius 3 is 2.33 bits per heavy atom. The number of benzene rings is 1. The predicted molar refractivity (Wildman–Crippen MR) is 95.4 cm³/mol. The monoisotopic (exact) mass is 388 g/mol. The van der Waals surface area contributed by atoms with Crippen molar-refractivity contribution in [2.45, 2.75) is 29.8 Å². The van der Waals surface area contributed by atoms with Gasteiger partial charge in [0.2, 0.25) is 10.0 Å². The third-order valence-corrected chi connectivity index (χ3v) is 6.24. The summed E-state index contributed by atoms with van der Waals surface area (Å²) in [4.78, 5) is 15.5. The van der Waals surface area contributed by atoms with Gasteiger partial charge in [0.15, 0.2) is 12.4 Å². The van der Waals surface area contributed by atoms with Gasteiger partial charge in [0.25, 0.3) is 5.91 Å².